The lowest BCUT2D eigenvalue weighted by Crippen LogP contribution is -2.17. The Morgan fingerprint density at radius 1 is 1.05 bits per heavy atom. The van der Waals surface area contributed by atoms with Crippen LogP contribution in [0, 0.1) is 5.82 Å². The van der Waals surface area contributed by atoms with Gasteiger partial charge >= 0.3 is 0 Å². The van der Waals surface area contributed by atoms with Gasteiger partial charge in [-0.1, -0.05) is 18.2 Å². The fraction of sp³-hybridized carbons (Fsp3) is 0.294. The summed E-state index contributed by atoms with van der Waals surface area (Å²) in [6.07, 6.45) is 0. The molecule has 1 N–H and O–H groups in total. The molecule has 0 saturated heterocycles. The van der Waals surface area contributed by atoms with Crippen molar-refractivity contribution in [2.24, 2.45) is 0 Å². The third-order valence-corrected chi connectivity index (χ3v) is 3.33. The quantitative estimate of drug-likeness (QED) is 0.887. The largest absolute Gasteiger partial charge is 0.496 e. The highest BCUT2D eigenvalue weighted by molar-refractivity contribution is 5.37. The molecule has 0 aromatic heterocycles. The Kier molecular flexibility index (Phi) is 5.31. The van der Waals surface area contributed by atoms with E-state index in [1.807, 2.05) is 25.2 Å². The summed E-state index contributed by atoms with van der Waals surface area (Å²) in [5.74, 6) is 0.580. The average Bonchev–Trinajstić information content (AvgIpc) is 2.49. The number of halogens is 1. The molecule has 0 saturated carbocycles. The maximum atomic E-state index is 12.9. The van der Waals surface area contributed by atoms with Crippen LogP contribution in [0.15, 0.2) is 42.5 Å². The number of aliphatic hydroxyl groups is 1. The number of hydrogen-bond donors (Lipinski definition) is 1. The Bertz CT molecular complexity index is 584. The average molecular weight is 289 g/mol. The van der Waals surface area contributed by atoms with Crippen molar-refractivity contribution in [2.75, 3.05) is 14.2 Å². The van der Waals surface area contributed by atoms with Crippen LogP contribution >= 0.6 is 0 Å². The minimum absolute atomic E-state index is 0.0126. The molecule has 0 atom stereocenters. The van der Waals surface area contributed by atoms with Crippen molar-refractivity contribution in [3.63, 3.8) is 0 Å². The molecule has 0 aliphatic rings. The van der Waals surface area contributed by atoms with Gasteiger partial charge in [0.15, 0.2) is 0 Å². The molecule has 0 fully saturated rings. The van der Waals surface area contributed by atoms with Crippen molar-refractivity contribution < 1.29 is 14.2 Å². The fourth-order valence-electron chi connectivity index (χ4n) is 2.30. The number of nitrogens with zero attached hydrogens (tertiary/aromatic N) is 1. The summed E-state index contributed by atoms with van der Waals surface area (Å²) in [5.41, 5.74) is 2.94. The first kappa shape index (κ1) is 15.5. The van der Waals surface area contributed by atoms with E-state index in [1.54, 1.807) is 19.2 Å². The van der Waals surface area contributed by atoms with Crippen molar-refractivity contribution in [3.8, 4) is 5.75 Å². The summed E-state index contributed by atoms with van der Waals surface area (Å²) < 4.78 is 18.3. The maximum Gasteiger partial charge on any atom is 0.123 e. The molecular formula is C17H20FNO2. The number of aliphatic hydroxyl groups excluding tert-OH is 1. The van der Waals surface area contributed by atoms with Gasteiger partial charge in [-0.3, -0.25) is 4.90 Å². The minimum atomic E-state index is -0.223. The number of methoxy groups -OCH3 is 1. The number of rotatable bonds is 6. The van der Waals surface area contributed by atoms with Gasteiger partial charge in [-0.2, -0.15) is 0 Å². The Labute approximate surface area is 124 Å². The molecule has 112 valence electrons. The summed E-state index contributed by atoms with van der Waals surface area (Å²) in [5, 5.41) is 9.23. The standard InChI is InChI=1S/C17H20FNO2/c1-19(10-13-3-6-16(18)7-4-13)11-15-9-14(12-20)5-8-17(15)21-2/h3-9,20H,10-12H2,1-2H3. The van der Waals surface area contributed by atoms with E-state index in [2.05, 4.69) is 4.90 Å². The summed E-state index contributed by atoms with van der Waals surface area (Å²) in [6, 6.07) is 12.2. The molecule has 2 aromatic rings. The molecule has 0 radical (unpaired) electrons. The fourth-order valence-corrected chi connectivity index (χ4v) is 2.30. The van der Waals surface area contributed by atoms with E-state index in [1.165, 1.54) is 12.1 Å². The van der Waals surface area contributed by atoms with Crippen molar-refractivity contribution in [1.82, 2.24) is 4.90 Å². The molecule has 0 unspecified atom stereocenters. The Morgan fingerprint density at radius 2 is 1.71 bits per heavy atom. The molecule has 21 heavy (non-hydrogen) atoms. The van der Waals surface area contributed by atoms with Gasteiger partial charge in [0.1, 0.15) is 11.6 Å². The molecule has 2 aromatic carbocycles. The lowest BCUT2D eigenvalue weighted by molar-refractivity contribution is 0.280. The summed E-state index contributed by atoms with van der Waals surface area (Å²) >= 11 is 0. The molecule has 0 amide bonds. The van der Waals surface area contributed by atoms with Crippen LogP contribution in [0.4, 0.5) is 4.39 Å². The number of benzene rings is 2. The van der Waals surface area contributed by atoms with Crippen molar-refractivity contribution >= 4 is 0 Å². The molecular weight excluding hydrogens is 269 g/mol. The van der Waals surface area contributed by atoms with Crippen LogP contribution in [0.5, 0.6) is 5.75 Å². The van der Waals surface area contributed by atoms with Gasteiger partial charge in [-0.15, -0.1) is 0 Å². The van der Waals surface area contributed by atoms with Crippen LogP contribution in [-0.2, 0) is 19.7 Å². The van der Waals surface area contributed by atoms with Crippen molar-refractivity contribution in [2.45, 2.75) is 19.7 Å². The van der Waals surface area contributed by atoms with E-state index in [9.17, 15) is 9.50 Å². The normalized spacial score (nSPS) is 10.9. The zero-order chi connectivity index (χ0) is 15.2. The van der Waals surface area contributed by atoms with Crippen LogP contribution in [0.3, 0.4) is 0 Å². The molecule has 2 rings (SSSR count). The van der Waals surface area contributed by atoms with Gasteiger partial charge in [0.25, 0.3) is 0 Å². The van der Waals surface area contributed by atoms with E-state index in [4.69, 9.17) is 4.74 Å². The van der Waals surface area contributed by atoms with Crippen LogP contribution in [-0.4, -0.2) is 24.2 Å². The van der Waals surface area contributed by atoms with Gasteiger partial charge < -0.3 is 9.84 Å². The zero-order valence-corrected chi connectivity index (χ0v) is 12.3. The molecule has 0 spiro atoms. The Morgan fingerprint density at radius 3 is 2.33 bits per heavy atom. The number of ether oxygens (including phenoxy) is 1. The van der Waals surface area contributed by atoms with Gasteiger partial charge in [0.2, 0.25) is 0 Å². The van der Waals surface area contributed by atoms with Crippen LogP contribution < -0.4 is 4.74 Å². The van der Waals surface area contributed by atoms with E-state index < -0.39 is 0 Å². The van der Waals surface area contributed by atoms with Crippen LogP contribution in [0.2, 0.25) is 0 Å². The SMILES string of the molecule is COc1ccc(CO)cc1CN(C)Cc1ccc(F)cc1. The first-order valence-corrected chi connectivity index (χ1v) is 6.82. The number of hydrogen-bond acceptors (Lipinski definition) is 3. The zero-order valence-electron chi connectivity index (χ0n) is 12.3. The summed E-state index contributed by atoms with van der Waals surface area (Å²) in [6.45, 7) is 1.42. The first-order valence-electron chi connectivity index (χ1n) is 6.82. The third-order valence-electron chi connectivity index (χ3n) is 3.33. The highest BCUT2D eigenvalue weighted by Gasteiger charge is 2.08. The Balaban J connectivity index is 2.07. The van der Waals surface area contributed by atoms with E-state index >= 15 is 0 Å². The van der Waals surface area contributed by atoms with Gasteiger partial charge in [0.05, 0.1) is 13.7 Å². The van der Waals surface area contributed by atoms with Crippen LogP contribution in [0.1, 0.15) is 16.7 Å². The highest BCUT2D eigenvalue weighted by Crippen LogP contribution is 2.22. The summed E-state index contributed by atoms with van der Waals surface area (Å²) in [7, 11) is 3.63. The molecule has 0 heterocycles. The van der Waals surface area contributed by atoms with E-state index in [0.717, 1.165) is 22.4 Å². The maximum absolute atomic E-state index is 12.9. The Hall–Kier alpha value is -1.91. The molecule has 3 nitrogen and oxygen atoms in total. The lowest BCUT2D eigenvalue weighted by atomic mass is 10.1. The van der Waals surface area contributed by atoms with Crippen molar-refractivity contribution in [3.05, 3.63) is 65.0 Å². The predicted octanol–water partition coefficient (Wildman–Crippen LogP) is 2.96. The van der Waals surface area contributed by atoms with Gasteiger partial charge in [-0.25, -0.2) is 4.39 Å². The summed E-state index contributed by atoms with van der Waals surface area (Å²) in [4.78, 5) is 2.12. The monoisotopic (exact) mass is 289 g/mol. The van der Waals surface area contributed by atoms with E-state index in [0.29, 0.717) is 13.1 Å². The smallest absolute Gasteiger partial charge is 0.123 e. The van der Waals surface area contributed by atoms with Gasteiger partial charge in [-0.05, 0) is 42.4 Å². The van der Waals surface area contributed by atoms with Gasteiger partial charge in [0, 0.05) is 18.7 Å². The lowest BCUT2D eigenvalue weighted by Gasteiger charge is -2.19. The first-order chi connectivity index (χ1) is 10.1. The topological polar surface area (TPSA) is 32.7 Å². The minimum Gasteiger partial charge on any atom is -0.496 e. The molecule has 0 bridgehead atoms. The van der Waals surface area contributed by atoms with Crippen LogP contribution in [0.25, 0.3) is 0 Å². The molecule has 0 aliphatic heterocycles. The second-order valence-electron chi connectivity index (χ2n) is 5.10. The second-order valence-corrected chi connectivity index (χ2v) is 5.10. The van der Waals surface area contributed by atoms with Crippen molar-refractivity contribution in [1.29, 1.82) is 0 Å². The molecule has 0 aliphatic carbocycles. The highest BCUT2D eigenvalue weighted by atomic mass is 19.1. The molecule has 4 heteroatoms. The third kappa shape index (κ3) is 4.28. The predicted molar refractivity (Wildman–Crippen MR) is 80.5 cm³/mol. The second kappa shape index (κ2) is 7.20. The van der Waals surface area contributed by atoms with E-state index in [-0.39, 0.29) is 12.4 Å².